The van der Waals surface area contributed by atoms with E-state index in [9.17, 15) is 19.0 Å². The summed E-state index contributed by atoms with van der Waals surface area (Å²) in [5.41, 5.74) is 0. The highest BCUT2D eigenvalue weighted by atomic mass is 31.2. The van der Waals surface area contributed by atoms with Crippen molar-refractivity contribution < 1.29 is 37.3 Å². The van der Waals surface area contributed by atoms with Crippen LogP contribution in [0, 0.1) is 0 Å². The molecular formula is C60H115N2O7P. The molecule has 0 fully saturated rings. The average Bonchev–Trinajstić information content (AvgIpc) is 3.32. The summed E-state index contributed by atoms with van der Waals surface area (Å²) >= 11 is 0. The molecule has 0 aromatic carbocycles. The number of phosphoric acid groups is 1. The van der Waals surface area contributed by atoms with E-state index < -0.39 is 20.0 Å². The molecule has 3 unspecified atom stereocenters. The zero-order valence-corrected chi connectivity index (χ0v) is 47.9. The van der Waals surface area contributed by atoms with Crippen LogP contribution in [-0.2, 0) is 27.9 Å². The third-order valence-electron chi connectivity index (χ3n) is 13.3. The molecule has 0 rings (SSSR count). The van der Waals surface area contributed by atoms with Crippen LogP contribution in [0.25, 0.3) is 0 Å². The monoisotopic (exact) mass is 1010 g/mol. The van der Waals surface area contributed by atoms with Gasteiger partial charge in [-0.25, -0.2) is 0 Å². The Morgan fingerprint density at radius 3 is 1.31 bits per heavy atom. The second-order valence-corrected chi connectivity index (χ2v) is 22.9. The molecule has 0 aromatic rings. The van der Waals surface area contributed by atoms with E-state index in [1.807, 2.05) is 33.3 Å². The molecule has 1 amide bonds. The molecule has 0 heterocycles. The molecule has 9 nitrogen and oxygen atoms in total. The zero-order chi connectivity index (χ0) is 51.5. The van der Waals surface area contributed by atoms with Crippen molar-refractivity contribution in [1.82, 2.24) is 5.32 Å². The third kappa shape index (κ3) is 51.1. The number of phosphoric ester groups is 1. The number of esters is 1. The number of quaternary nitrogens is 1. The first-order valence-corrected chi connectivity index (χ1v) is 31.3. The maximum Gasteiger partial charge on any atom is 0.306 e. The molecule has 0 saturated carbocycles. The number of allylic oxidation sites excluding steroid dienone is 5. The molecule has 0 bridgehead atoms. The molecular weight excluding hydrogens is 892 g/mol. The first kappa shape index (κ1) is 68.2. The van der Waals surface area contributed by atoms with Gasteiger partial charge in [0.1, 0.15) is 19.3 Å². The molecule has 0 aliphatic heterocycles. The van der Waals surface area contributed by atoms with Crippen LogP contribution in [-0.4, -0.2) is 69.4 Å². The molecule has 412 valence electrons. The highest BCUT2D eigenvalue weighted by molar-refractivity contribution is 7.45. The molecule has 0 spiro atoms. The van der Waals surface area contributed by atoms with Gasteiger partial charge in [-0.1, -0.05) is 244 Å². The number of carbonyl (C=O) groups excluding carboxylic acids is 2. The molecule has 0 radical (unpaired) electrons. The van der Waals surface area contributed by atoms with E-state index in [4.69, 9.17) is 13.8 Å². The van der Waals surface area contributed by atoms with Crippen molar-refractivity contribution in [2.45, 2.75) is 296 Å². The fraction of sp³-hybridized carbons (Fsp3) is 0.867. The van der Waals surface area contributed by atoms with E-state index in [0.29, 0.717) is 17.4 Å². The van der Waals surface area contributed by atoms with Crippen molar-refractivity contribution in [2.24, 2.45) is 0 Å². The maximum atomic E-state index is 13.5. The fourth-order valence-electron chi connectivity index (χ4n) is 8.67. The number of nitrogens with zero attached hydrogens (tertiary/aromatic N) is 1. The zero-order valence-electron chi connectivity index (χ0n) is 47.0. The van der Waals surface area contributed by atoms with Crippen molar-refractivity contribution in [3.8, 4) is 0 Å². The van der Waals surface area contributed by atoms with Gasteiger partial charge in [0.15, 0.2) is 0 Å². The summed E-state index contributed by atoms with van der Waals surface area (Å²) in [5, 5.41) is 3.02. The molecule has 0 aliphatic rings. The number of hydrogen-bond acceptors (Lipinski definition) is 7. The minimum absolute atomic E-state index is 0.0208. The lowest BCUT2D eigenvalue weighted by molar-refractivity contribution is -0.870. The van der Waals surface area contributed by atoms with Crippen molar-refractivity contribution >= 4 is 19.7 Å². The van der Waals surface area contributed by atoms with Gasteiger partial charge in [0.2, 0.25) is 5.91 Å². The standard InChI is InChI=1S/C60H115N2O7P/c1-7-10-13-16-19-22-25-27-29-30-31-32-33-35-38-41-44-47-50-53-60(64)69-58(51-48-45-42-39-36-24-21-18-15-12-9-3)57(56-68-70(65,66)67-55-54-62(4,5)6)61-59(63)52-49-46-43-40-37-34-28-26-23-20-17-14-11-8-2/h19,22,27,29,48,51,57-58H,7-18,20-21,23-26,28,30-47,49-50,52-56H2,1-6H3,(H-,61,63,65,66)/b22-19-,29-27-,51-48+. The number of amides is 1. The Bertz CT molecular complexity index is 1300. The fourth-order valence-corrected chi connectivity index (χ4v) is 9.39. The van der Waals surface area contributed by atoms with Crippen LogP contribution >= 0.6 is 7.82 Å². The van der Waals surface area contributed by atoms with Crippen LogP contribution in [0.3, 0.4) is 0 Å². The topological polar surface area (TPSA) is 114 Å². The highest BCUT2D eigenvalue weighted by Gasteiger charge is 2.27. The van der Waals surface area contributed by atoms with Crippen LogP contribution < -0.4 is 10.2 Å². The number of ether oxygens (including phenoxy) is 1. The average molecular weight is 1010 g/mol. The lowest BCUT2D eigenvalue weighted by atomic mass is 10.0. The summed E-state index contributed by atoms with van der Waals surface area (Å²) in [7, 11) is 1.19. The number of carbonyl (C=O) groups is 2. The maximum absolute atomic E-state index is 13.5. The summed E-state index contributed by atoms with van der Waals surface area (Å²) in [6.45, 7) is 6.83. The first-order valence-electron chi connectivity index (χ1n) is 29.8. The summed E-state index contributed by atoms with van der Waals surface area (Å²) in [6.07, 6.45) is 59.6. The van der Waals surface area contributed by atoms with Crippen LogP contribution in [0.1, 0.15) is 284 Å². The quantitative estimate of drug-likeness (QED) is 0.0212. The van der Waals surface area contributed by atoms with E-state index in [2.05, 4.69) is 50.4 Å². The Labute approximate surface area is 434 Å². The number of likely N-dealkylation sites (N-methyl/N-ethyl adjacent to an activating group) is 1. The smallest absolute Gasteiger partial charge is 0.306 e. The number of rotatable bonds is 54. The molecule has 0 aliphatic carbocycles. The Morgan fingerprint density at radius 1 is 0.500 bits per heavy atom. The van der Waals surface area contributed by atoms with E-state index in [0.717, 1.165) is 64.2 Å². The van der Waals surface area contributed by atoms with Gasteiger partial charge in [-0.15, -0.1) is 0 Å². The second-order valence-electron chi connectivity index (χ2n) is 21.5. The Hall–Kier alpha value is -1.77. The van der Waals surface area contributed by atoms with Gasteiger partial charge in [-0.2, -0.15) is 0 Å². The van der Waals surface area contributed by atoms with E-state index in [1.165, 1.54) is 186 Å². The number of hydrogen-bond donors (Lipinski definition) is 1. The van der Waals surface area contributed by atoms with Gasteiger partial charge in [0.05, 0.1) is 33.8 Å². The molecule has 10 heteroatoms. The van der Waals surface area contributed by atoms with E-state index in [-0.39, 0.29) is 31.5 Å². The van der Waals surface area contributed by atoms with E-state index >= 15 is 0 Å². The van der Waals surface area contributed by atoms with Gasteiger partial charge in [0.25, 0.3) is 7.82 Å². The molecule has 3 atom stereocenters. The Balaban J connectivity index is 5.24. The predicted molar refractivity (Wildman–Crippen MR) is 298 cm³/mol. The van der Waals surface area contributed by atoms with Gasteiger partial charge < -0.3 is 28.5 Å². The van der Waals surface area contributed by atoms with Crippen LogP contribution in [0.4, 0.5) is 0 Å². The van der Waals surface area contributed by atoms with Crippen molar-refractivity contribution in [3.63, 3.8) is 0 Å². The second kappa shape index (κ2) is 50.7. The SMILES string of the molecule is CCCCC/C=C\C/C=C\CCCCCCCCCCCC(=O)OC(/C=C/CCCCCCCCCCC)C(COP(=O)([O-])OCC[N+](C)(C)C)NC(=O)CCCCCCCCCCCCCCCC. The van der Waals surface area contributed by atoms with Crippen LogP contribution in [0.5, 0.6) is 0 Å². The minimum atomic E-state index is -4.69. The van der Waals surface area contributed by atoms with Gasteiger partial charge >= 0.3 is 5.97 Å². The summed E-state index contributed by atoms with van der Waals surface area (Å²) < 4.78 is 30.2. The van der Waals surface area contributed by atoms with Crippen molar-refractivity contribution in [2.75, 3.05) is 40.9 Å². The largest absolute Gasteiger partial charge is 0.756 e. The van der Waals surface area contributed by atoms with E-state index in [1.54, 1.807) is 0 Å². The van der Waals surface area contributed by atoms with Gasteiger partial charge in [0, 0.05) is 12.8 Å². The third-order valence-corrected chi connectivity index (χ3v) is 14.3. The molecule has 70 heavy (non-hydrogen) atoms. The van der Waals surface area contributed by atoms with Gasteiger partial charge in [-0.05, 0) is 63.9 Å². The van der Waals surface area contributed by atoms with Crippen LogP contribution in [0.2, 0.25) is 0 Å². The van der Waals surface area contributed by atoms with Crippen molar-refractivity contribution in [1.29, 1.82) is 0 Å². The summed E-state index contributed by atoms with van der Waals surface area (Å²) in [5.74, 6) is -0.536. The normalized spacial score (nSPS) is 14.0. The van der Waals surface area contributed by atoms with Gasteiger partial charge in [-0.3, -0.25) is 14.2 Å². The predicted octanol–water partition coefficient (Wildman–Crippen LogP) is 17.3. The summed E-state index contributed by atoms with van der Waals surface area (Å²) in [6, 6.07) is -0.884. The Morgan fingerprint density at radius 2 is 0.871 bits per heavy atom. The molecule has 0 saturated heterocycles. The number of nitrogens with one attached hydrogen (secondary N) is 1. The molecule has 0 aromatic heterocycles. The first-order chi connectivity index (χ1) is 33.9. The minimum Gasteiger partial charge on any atom is -0.756 e. The Kier molecular flexibility index (Phi) is 49.5. The molecule has 1 N–H and O–H groups in total. The lowest BCUT2D eigenvalue weighted by Crippen LogP contribution is -2.47. The number of unbranched alkanes of at least 4 members (excludes halogenated alkanes) is 34. The van der Waals surface area contributed by atoms with Crippen LogP contribution in [0.15, 0.2) is 36.5 Å². The highest BCUT2D eigenvalue weighted by Crippen LogP contribution is 2.38. The van der Waals surface area contributed by atoms with Crippen molar-refractivity contribution in [3.05, 3.63) is 36.5 Å². The summed E-state index contributed by atoms with van der Waals surface area (Å²) in [4.78, 5) is 39.9. The lowest BCUT2D eigenvalue weighted by Gasteiger charge is -2.30.